The second kappa shape index (κ2) is 7.26. The maximum atomic E-state index is 8.77. The van der Waals surface area contributed by atoms with Gasteiger partial charge in [0.05, 0.1) is 12.2 Å². The monoisotopic (exact) mass is 314 g/mol. The Kier molecular flexibility index (Phi) is 5.98. The summed E-state index contributed by atoms with van der Waals surface area (Å²) >= 11 is 3.35. The highest BCUT2D eigenvalue weighted by Crippen LogP contribution is 2.24. The highest BCUT2D eigenvalue weighted by atomic mass is 79.9. The number of nitrogens with two attached hydrogens (primary N) is 1. The van der Waals surface area contributed by atoms with Crippen LogP contribution in [0.3, 0.4) is 0 Å². The molecule has 0 atom stereocenters. The van der Waals surface area contributed by atoms with Crippen molar-refractivity contribution in [2.75, 3.05) is 6.61 Å². The van der Waals surface area contributed by atoms with Gasteiger partial charge in [-0.2, -0.15) is 0 Å². The van der Waals surface area contributed by atoms with E-state index in [-0.39, 0.29) is 5.84 Å². The van der Waals surface area contributed by atoms with Crippen LogP contribution in [-0.4, -0.2) is 17.6 Å². The third-order valence-corrected chi connectivity index (χ3v) is 3.45. The average Bonchev–Trinajstić information content (AvgIpc) is 2.40. The van der Waals surface area contributed by atoms with Crippen molar-refractivity contribution in [1.29, 1.82) is 0 Å². The van der Waals surface area contributed by atoms with Crippen LogP contribution in [0.5, 0.6) is 5.75 Å². The van der Waals surface area contributed by atoms with E-state index in [1.807, 2.05) is 12.1 Å². The van der Waals surface area contributed by atoms with E-state index in [2.05, 4.69) is 34.9 Å². The molecule has 4 nitrogen and oxygen atoms in total. The van der Waals surface area contributed by atoms with Gasteiger partial charge in [-0.3, -0.25) is 0 Å². The van der Waals surface area contributed by atoms with E-state index in [1.54, 1.807) is 6.07 Å². The summed E-state index contributed by atoms with van der Waals surface area (Å²) in [4.78, 5) is 0. The summed E-state index contributed by atoms with van der Waals surface area (Å²) in [7, 11) is 0. The normalized spacial score (nSPS) is 11.9. The Morgan fingerprint density at radius 2 is 2.11 bits per heavy atom. The third kappa shape index (κ3) is 3.91. The Bertz CT molecular complexity index is 417. The number of benzene rings is 1. The Morgan fingerprint density at radius 1 is 1.44 bits per heavy atom. The van der Waals surface area contributed by atoms with Crippen molar-refractivity contribution in [3.8, 4) is 5.75 Å². The molecule has 18 heavy (non-hydrogen) atoms. The number of rotatable bonds is 6. The SMILES string of the molecule is CCC(CC)COc1ccc(Br)cc1/C(N)=N/O. The highest BCUT2D eigenvalue weighted by Gasteiger charge is 2.11. The Morgan fingerprint density at radius 3 is 2.67 bits per heavy atom. The first kappa shape index (κ1) is 14.8. The Labute approximate surface area is 116 Å². The fraction of sp³-hybridized carbons (Fsp3) is 0.462. The van der Waals surface area contributed by atoms with E-state index in [0.717, 1.165) is 17.3 Å². The van der Waals surface area contributed by atoms with Crippen molar-refractivity contribution in [2.45, 2.75) is 26.7 Å². The van der Waals surface area contributed by atoms with Crippen LogP contribution in [0.1, 0.15) is 32.3 Å². The van der Waals surface area contributed by atoms with E-state index < -0.39 is 0 Å². The fourth-order valence-corrected chi connectivity index (χ4v) is 1.98. The first-order valence-corrected chi connectivity index (χ1v) is 6.81. The zero-order valence-corrected chi connectivity index (χ0v) is 12.3. The van der Waals surface area contributed by atoms with Crippen LogP contribution in [0.4, 0.5) is 0 Å². The molecule has 1 rings (SSSR count). The smallest absolute Gasteiger partial charge is 0.173 e. The lowest BCUT2D eigenvalue weighted by atomic mass is 10.1. The van der Waals surface area contributed by atoms with Crippen LogP contribution in [0.25, 0.3) is 0 Å². The number of ether oxygens (including phenoxy) is 1. The molecule has 0 radical (unpaired) electrons. The molecule has 0 amide bonds. The van der Waals surface area contributed by atoms with Gasteiger partial charge in [-0.05, 0) is 24.1 Å². The molecule has 0 fully saturated rings. The van der Waals surface area contributed by atoms with E-state index in [4.69, 9.17) is 15.7 Å². The van der Waals surface area contributed by atoms with Gasteiger partial charge >= 0.3 is 0 Å². The van der Waals surface area contributed by atoms with Gasteiger partial charge in [-0.15, -0.1) is 0 Å². The molecule has 0 aliphatic rings. The van der Waals surface area contributed by atoms with Gasteiger partial charge in [-0.25, -0.2) is 0 Å². The summed E-state index contributed by atoms with van der Waals surface area (Å²) in [6.45, 7) is 4.92. The maximum Gasteiger partial charge on any atom is 0.173 e. The lowest BCUT2D eigenvalue weighted by molar-refractivity contribution is 0.240. The van der Waals surface area contributed by atoms with Crippen molar-refractivity contribution in [3.05, 3.63) is 28.2 Å². The van der Waals surface area contributed by atoms with Gasteiger partial charge in [0.1, 0.15) is 5.75 Å². The summed E-state index contributed by atoms with van der Waals surface area (Å²) in [5.74, 6) is 1.21. The van der Waals surface area contributed by atoms with Gasteiger partial charge in [0.15, 0.2) is 5.84 Å². The van der Waals surface area contributed by atoms with E-state index in [9.17, 15) is 0 Å². The lowest BCUT2D eigenvalue weighted by Crippen LogP contribution is -2.17. The Hall–Kier alpha value is -1.23. The van der Waals surface area contributed by atoms with Crippen molar-refractivity contribution in [1.82, 2.24) is 0 Å². The molecular weight excluding hydrogens is 296 g/mol. The van der Waals surface area contributed by atoms with Crippen molar-refractivity contribution < 1.29 is 9.94 Å². The number of hydrogen-bond acceptors (Lipinski definition) is 3. The van der Waals surface area contributed by atoms with Gasteiger partial charge < -0.3 is 15.7 Å². The molecule has 1 aromatic carbocycles. The van der Waals surface area contributed by atoms with Gasteiger partial charge in [0.2, 0.25) is 0 Å². The summed E-state index contributed by atoms with van der Waals surface area (Å²) in [6.07, 6.45) is 2.15. The average molecular weight is 315 g/mol. The molecular formula is C13H19BrN2O2. The summed E-state index contributed by atoms with van der Waals surface area (Å²) in [6, 6.07) is 5.47. The van der Waals surface area contributed by atoms with E-state index in [1.165, 1.54) is 0 Å². The zero-order valence-electron chi connectivity index (χ0n) is 10.7. The van der Waals surface area contributed by atoms with Gasteiger partial charge in [0, 0.05) is 4.47 Å². The standard InChI is InChI=1S/C13H19BrN2O2/c1-3-9(4-2)8-18-12-6-5-10(14)7-11(12)13(15)16-17/h5-7,9,17H,3-4,8H2,1-2H3,(H2,15,16). The molecule has 5 heteroatoms. The molecule has 0 spiro atoms. The van der Waals surface area contributed by atoms with Crippen molar-refractivity contribution in [2.24, 2.45) is 16.8 Å². The maximum absolute atomic E-state index is 8.77. The molecule has 0 unspecified atom stereocenters. The zero-order chi connectivity index (χ0) is 13.5. The molecule has 100 valence electrons. The van der Waals surface area contributed by atoms with E-state index >= 15 is 0 Å². The predicted molar refractivity (Wildman–Crippen MR) is 76.2 cm³/mol. The van der Waals surface area contributed by atoms with Crippen molar-refractivity contribution in [3.63, 3.8) is 0 Å². The van der Waals surface area contributed by atoms with Crippen LogP contribution in [-0.2, 0) is 0 Å². The topological polar surface area (TPSA) is 67.8 Å². The highest BCUT2D eigenvalue weighted by molar-refractivity contribution is 9.10. The molecule has 0 heterocycles. The number of amidine groups is 1. The second-order valence-electron chi connectivity index (χ2n) is 4.12. The number of oxime groups is 1. The van der Waals surface area contributed by atoms with Crippen molar-refractivity contribution >= 4 is 21.8 Å². The second-order valence-corrected chi connectivity index (χ2v) is 5.03. The first-order chi connectivity index (χ1) is 8.62. The molecule has 0 bridgehead atoms. The van der Waals surface area contributed by atoms with Crippen LogP contribution < -0.4 is 10.5 Å². The molecule has 0 aromatic heterocycles. The molecule has 0 aliphatic heterocycles. The van der Waals surface area contributed by atoms with Gasteiger partial charge in [-0.1, -0.05) is 47.8 Å². The molecule has 0 saturated carbocycles. The predicted octanol–water partition coefficient (Wildman–Crippen LogP) is 3.36. The minimum atomic E-state index is 0.0517. The number of nitrogens with zero attached hydrogens (tertiary/aromatic N) is 1. The summed E-state index contributed by atoms with van der Waals surface area (Å²) < 4.78 is 6.63. The molecule has 3 N–H and O–H groups in total. The molecule has 0 aliphatic carbocycles. The van der Waals surface area contributed by atoms with Crippen LogP contribution in [0, 0.1) is 5.92 Å². The summed E-state index contributed by atoms with van der Waals surface area (Å²) in [5.41, 5.74) is 6.23. The quantitative estimate of drug-likeness (QED) is 0.366. The number of hydrogen-bond donors (Lipinski definition) is 2. The lowest BCUT2D eigenvalue weighted by Gasteiger charge is -2.16. The minimum absolute atomic E-state index is 0.0517. The van der Waals surface area contributed by atoms with E-state index in [0.29, 0.717) is 23.8 Å². The summed E-state index contributed by atoms with van der Waals surface area (Å²) in [5, 5.41) is 11.8. The van der Waals surface area contributed by atoms with Gasteiger partial charge in [0.25, 0.3) is 0 Å². The fourth-order valence-electron chi connectivity index (χ4n) is 1.61. The number of halogens is 1. The van der Waals surface area contributed by atoms with Crippen LogP contribution in [0.2, 0.25) is 0 Å². The first-order valence-electron chi connectivity index (χ1n) is 6.02. The minimum Gasteiger partial charge on any atom is -0.493 e. The van der Waals surface area contributed by atoms with Crippen LogP contribution >= 0.6 is 15.9 Å². The molecule has 1 aromatic rings. The third-order valence-electron chi connectivity index (χ3n) is 2.95. The van der Waals surface area contributed by atoms with Crippen LogP contribution in [0.15, 0.2) is 27.8 Å². The Balaban J connectivity index is 2.88. The molecule has 0 saturated heterocycles. The largest absolute Gasteiger partial charge is 0.493 e.